The van der Waals surface area contributed by atoms with Crippen LogP contribution in [0.3, 0.4) is 0 Å². The number of aromatic nitrogens is 4. The summed E-state index contributed by atoms with van der Waals surface area (Å²) in [6, 6.07) is 6.28. The molecular weight excluding hydrogens is 495 g/mol. The molecule has 2 aliphatic heterocycles. The number of hydrogen-bond donors (Lipinski definition) is 2. The van der Waals surface area contributed by atoms with E-state index in [-0.39, 0.29) is 10.8 Å². The van der Waals surface area contributed by atoms with Gasteiger partial charge in [-0.25, -0.2) is 14.8 Å². The lowest BCUT2D eigenvalue weighted by atomic mass is 9.97. The molecule has 0 aliphatic carbocycles. The fourth-order valence-electron chi connectivity index (χ4n) is 5.40. The van der Waals surface area contributed by atoms with Crippen LogP contribution < -0.4 is 10.6 Å². The fourth-order valence-corrected chi connectivity index (χ4v) is 5.65. The SMILES string of the molecule is CC[C@H]1CN(c2nc3[nH]c(=O)[nH]c3nc2Cl)CCN1C1CCN(Cc2ccc(C(F)(F)F)cc2)CC1. The number of rotatable bonds is 5. The van der Waals surface area contributed by atoms with Gasteiger partial charge in [-0.3, -0.25) is 19.8 Å². The molecule has 0 spiro atoms. The van der Waals surface area contributed by atoms with Crippen molar-refractivity contribution in [2.75, 3.05) is 37.6 Å². The Morgan fingerprint density at radius 1 is 1.03 bits per heavy atom. The van der Waals surface area contributed by atoms with Gasteiger partial charge in [0.1, 0.15) is 0 Å². The van der Waals surface area contributed by atoms with Crippen LogP contribution in [0.25, 0.3) is 11.3 Å². The molecule has 2 N–H and O–H groups in total. The molecule has 4 heterocycles. The Kier molecular flexibility index (Phi) is 6.97. The summed E-state index contributed by atoms with van der Waals surface area (Å²) in [6.07, 6.45) is -1.28. The second kappa shape index (κ2) is 10.0. The second-order valence-corrected chi connectivity index (χ2v) is 9.92. The molecule has 0 radical (unpaired) electrons. The zero-order valence-corrected chi connectivity index (χ0v) is 20.7. The molecule has 2 aromatic heterocycles. The van der Waals surface area contributed by atoms with Gasteiger partial charge >= 0.3 is 11.9 Å². The first-order valence-electron chi connectivity index (χ1n) is 12.3. The van der Waals surface area contributed by atoms with Gasteiger partial charge in [-0.2, -0.15) is 13.2 Å². The molecule has 0 unspecified atom stereocenters. The minimum atomic E-state index is -4.30. The van der Waals surface area contributed by atoms with Crippen LogP contribution in [0.4, 0.5) is 19.0 Å². The van der Waals surface area contributed by atoms with Gasteiger partial charge in [0.25, 0.3) is 0 Å². The molecule has 8 nitrogen and oxygen atoms in total. The Balaban J connectivity index is 1.18. The third kappa shape index (κ3) is 5.23. The minimum absolute atomic E-state index is 0.276. The number of anilines is 1. The van der Waals surface area contributed by atoms with Gasteiger partial charge in [0, 0.05) is 38.3 Å². The number of imidazole rings is 1. The lowest BCUT2D eigenvalue weighted by Crippen LogP contribution is -2.58. The highest BCUT2D eigenvalue weighted by molar-refractivity contribution is 6.32. The number of piperazine rings is 1. The molecule has 2 fully saturated rings. The predicted molar refractivity (Wildman–Crippen MR) is 132 cm³/mol. The van der Waals surface area contributed by atoms with E-state index in [0.717, 1.165) is 69.7 Å². The number of nitrogens with one attached hydrogen (secondary N) is 2. The molecule has 194 valence electrons. The highest BCUT2D eigenvalue weighted by atomic mass is 35.5. The van der Waals surface area contributed by atoms with Gasteiger partial charge in [0.2, 0.25) is 0 Å². The monoisotopic (exact) mass is 523 g/mol. The highest BCUT2D eigenvalue weighted by Crippen LogP contribution is 2.31. The number of nitrogens with zero attached hydrogens (tertiary/aromatic N) is 5. The molecule has 5 rings (SSSR count). The largest absolute Gasteiger partial charge is 0.416 e. The molecule has 0 saturated carbocycles. The smallest absolute Gasteiger partial charge is 0.351 e. The first-order valence-corrected chi connectivity index (χ1v) is 12.6. The Bertz CT molecular complexity index is 1250. The summed E-state index contributed by atoms with van der Waals surface area (Å²) in [5, 5.41) is 0.276. The zero-order chi connectivity index (χ0) is 25.4. The maximum absolute atomic E-state index is 12.8. The number of likely N-dealkylation sites (tertiary alicyclic amines) is 1. The Hall–Kier alpha value is -2.63. The van der Waals surface area contributed by atoms with Crippen molar-refractivity contribution in [3.63, 3.8) is 0 Å². The molecule has 3 aromatic rings. The Morgan fingerprint density at radius 2 is 1.69 bits per heavy atom. The van der Waals surface area contributed by atoms with E-state index in [1.165, 1.54) is 0 Å². The van der Waals surface area contributed by atoms with Crippen LogP contribution in [-0.2, 0) is 12.7 Å². The van der Waals surface area contributed by atoms with E-state index >= 15 is 0 Å². The summed E-state index contributed by atoms with van der Waals surface area (Å²) >= 11 is 6.41. The highest BCUT2D eigenvalue weighted by Gasteiger charge is 2.34. The molecule has 12 heteroatoms. The quantitative estimate of drug-likeness (QED) is 0.528. The van der Waals surface area contributed by atoms with E-state index in [1.54, 1.807) is 12.1 Å². The summed E-state index contributed by atoms with van der Waals surface area (Å²) in [4.78, 5) is 32.7. The second-order valence-electron chi connectivity index (χ2n) is 9.56. The molecule has 1 aromatic carbocycles. The lowest BCUT2D eigenvalue weighted by molar-refractivity contribution is -0.137. The fraction of sp³-hybridized carbons (Fsp3) is 0.542. The van der Waals surface area contributed by atoms with Crippen LogP contribution >= 0.6 is 11.6 Å². The van der Waals surface area contributed by atoms with Crippen LogP contribution in [0.15, 0.2) is 29.1 Å². The average molecular weight is 524 g/mol. The lowest BCUT2D eigenvalue weighted by Gasteiger charge is -2.47. The van der Waals surface area contributed by atoms with E-state index in [9.17, 15) is 18.0 Å². The number of aromatic amines is 2. The first kappa shape index (κ1) is 25.0. The molecule has 2 aliphatic rings. The standard InChI is InChI=1S/C24H29ClF3N7O/c1-2-17-14-34(22-19(25)29-20-21(30-22)32-23(36)31-20)11-12-35(17)18-7-9-33(10-8-18)13-15-3-5-16(6-4-15)24(26,27)28/h3-6,17-18H,2,7-14H2,1H3,(H2,29,30,31,32,36)/t17-/m0/s1. The van der Waals surface area contributed by atoms with Crippen molar-refractivity contribution >= 4 is 28.7 Å². The summed E-state index contributed by atoms with van der Waals surface area (Å²) in [7, 11) is 0. The van der Waals surface area contributed by atoms with Crippen LogP contribution in [0.5, 0.6) is 0 Å². The van der Waals surface area contributed by atoms with Crippen molar-refractivity contribution < 1.29 is 13.2 Å². The van der Waals surface area contributed by atoms with Crippen molar-refractivity contribution in [3.05, 3.63) is 51.0 Å². The van der Waals surface area contributed by atoms with Crippen LogP contribution in [0, 0.1) is 0 Å². The first-order chi connectivity index (χ1) is 17.2. The number of benzene rings is 1. The molecule has 0 bridgehead atoms. The van der Waals surface area contributed by atoms with Crippen LogP contribution in [-0.4, -0.2) is 74.5 Å². The van der Waals surface area contributed by atoms with E-state index in [2.05, 4.69) is 41.6 Å². The third-order valence-electron chi connectivity index (χ3n) is 7.31. The minimum Gasteiger partial charge on any atom is -0.351 e. The summed E-state index contributed by atoms with van der Waals surface area (Å²) in [5.74, 6) is 0.587. The van der Waals surface area contributed by atoms with Crippen LogP contribution in [0.1, 0.15) is 37.3 Å². The number of halogens is 4. The van der Waals surface area contributed by atoms with Gasteiger partial charge in [0.15, 0.2) is 22.3 Å². The number of H-pyrrole nitrogens is 2. The normalized spacial score (nSPS) is 20.9. The third-order valence-corrected chi connectivity index (χ3v) is 7.57. The van der Waals surface area contributed by atoms with Gasteiger partial charge in [-0.15, -0.1) is 0 Å². The van der Waals surface area contributed by atoms with Crippen molar-refractivity contribution in [2.45, 2.75) is 51.0 Å². The average Bonchev–Trinajstić information content (AvgIpc) is 3.22. The maximum Gasteiger partial charge on any atom is 0.416 e. The van der Waals surface area contributed by atoms with E-state index in [0.29, 0.717) is 35.7 Å². The van der Waals surface area contributed by atoms with Crippen molar-refractivity contribution in [3.8, 4) is 0 Å². The Morgan fingerprint density at radius 3 is 2.33 bits per heavy atom. The van der Waals surface area contributed by atoms with Gasteiger partial charge < -0.3 is 4.90 Å². The number of hydrogen-bond acceptors (Lipinski definition) is 6. The topological polar surface area (TPSA) is 84.1 Å². The van der Waals surface area contributed by atoms with E-state index < -0.39 is 11.7 Å². The molecule has 36 heavy (non-hydrogen) atoms. The van der Waals surface area contributed by atoms with Gasteiger partial charge in [-0.1, -0.05) is 30.7 Å². The van der Waals surface area contributed by atoms with E-state index in [4.69, 9.17) is 11.6 Å². The van der Waals surface area contributed by atoms with Crippen molar-refractivity contribution in [2.24, 2.45) is 0 Å². The van der Waals surface area contributed by atoms with Gasteiger partial charge in [-0.05, 0) is 50.0 Å². The summed E-state index contributed by atoms with van der Waals surface area (Å²) < 4.78 is 38.5. The predicted octanol–water partition coefficient (Wildman–Crippen LogP) is 3.88. The summed E-state index contributed by atoms with van der Waals surface area (Å²) in [5.41, 5.74) is 0.681. The Labute approximate surface area is 211 Å². The zero-order valence-electron chi connectivity index (χ0n) is 20.0. The van der Waals surface area contributed by atoms with Crippen LogP contribution in [0.2, 0.25) is 5.15 Å². The number of alkyl halides is 3. The molecule has 0 amide bonds. The maximum atomic E-state index is 12.8. The van der Waals surface area contributed by atoms with Crippen molar-refractivity contribution in [1.82, 2.24) is 29.7 Å². The summed E-state index contributed by atoms with van der Waals surface area (Å²) in [6.45, 7) is 7.08. The van der Waals surface area contributed by atoms with Crippen molar-refractivity contribution in [1.29, 1.82) is 0 Å². The van der Waals surface area contributed by atoms with E-state index in [1.807, 2.05) is 0 Å². The van der Waals surface area contributed by atoms with Gasteiger partial charge in [0.05, 0.1) is 5.56 Å². The molecule has 1 atom stereocenters. The number of piperidine rings is 1. The number of fused-ring (bicyclic) bond motifs is 1. The molecular formula is C24H29ClF3N7O. The molecule has 2 saturated heterocycles.